The molecule has 2 heterocycles. The number of nitrogen functional groups attached to an aromatic ring is 1. The highest BCUT2D eigenvalue weighted by molar-refractivity contribution is 9.10. The molecule has 0 fully saturated rings. The summed E-state index contributed by atoms with van der Waals surface area (Å²) in [7, 11) is 0. The molecule has 0 spiro atoms. The highest BCUT2D eigenvalue weighted by Crippen LogP contribution is 2.31. The molecule has 106 valence electrons. The SMILES string of the molecule is Nc1ncc(Cl)cc1C(N)c1nc2ccccc2cc1Br. The monoisotopic (exact) mass is 362 g/mol. The van der Waals surface area contributed by atoms with Gasteiger partial charge in [-0.1, -0.05) is 29.8 Å². The molecule has 1 aromatic carbocycles. The minimum atomic E-state index is -0.504. The quantitative estimate of drug-likeness (QED) is 0.728. The normalized spacial score (nSPS) is 12.5. The molecule has 0 aliphatic heterocycles. The second kappa shape index (κ2) is 5.60. The summed E-state index contributed by atoms with van der Waals surface area (Å²) in [6, 6.07) is 11.1. The Morgan fingerprint density at radius 3 is 2.76 bits per heavy atom. The number of fused-ring (bicyclic) bond motifs is 1. The third-order valence-corrected chi connectivity index (χ3v) is 4.09. The van der Waals surface area contributed by atoms with Crippen molar-refractivity contribution in [2.75, 3.05) is 5.73 Å². The third kappa shape index (κ3) is 2.72. The maximum absolute atomic E-state index is 6.31. The first-order chi connectivity index (χ1) is 10.1. The number of anilines is 1. The first kappa shape index (κ1) is 14.3. The summed E-state index contributed by atoms with van der Waals surface area (Å²) in [6.45, 7) is 0. The summed E-state index contributed by atoms with van der Waals surface area (Å²) < 4.78 is 0.827. The van der Waals surface area contributed by atoms with E-state index in [2.05, 4.69) is 25.9 Å². The van der Waals surface area contributed by atoms with Gasteiger partial charge in [-0.05, 0) is 34.1 Å². The van der Waals surface area contributed by atoms with Gasteiger partial charge in [-0.3, -0.25) is 0 Å². The smallest absolute Gasteiger partial charge is 0.128 e. The van der Waals surface area contributed by atoms with Crippen LogP contribution in [0, 0.1) is 0 Å². The Balaban J connectivity index is 2.14. The van der Waals surface area contributed by atoms with Gasteiger partial charge in [0.05, 0.1) is 22.3 Å². The van der Waals surface area contributed by atoms with Crippen LogP contribution in [0.3, 0.4) is 0 Å². The average Bonchev–Trinajstić information content (AvgIpc) is 2.48. The van der Waals surface area contributed by atoms with Gasteiger partial charge in [-0.2, -0.15) is 0 Å². The first-order valence-electron chi connectivity index (χ1n) is 6.28. The lowest BCUT2D eigenvalue weighted by molar-refractivity contribution is 0.827. The van der Waals surface area contributed by atoms with Crippen LogP contribution in [0.1, 0.15) is 17.3 Å². The van der Waals surface area contributed by atoms with Crippen LogP contribution >= 0.6 is 27.5 Å². The van der Waals surface area contributed by atoms with Gasteiger partial charge >= 0.3 is 0 Å². The van der Waals surface area contributed by atoms with Crippen molar-refractivity contribution in [3.05, 3.63) is 63.3 Å². The predicted molar refractivity (Wildman–Crippen MR) is 89.1 cm³/mol. The second-order valence-electron chi connectivity index (χ2n) is 4.65. The number of aromatic nitrogens is 2. The number of pyridine rings is 2. The zero-order chi connectivity index (χ0) is 15.0. The molecule has 6 heteroatoms. The van der Waals surface area contributed by atoms with E-state index in [0.29, 0.717) is 22.1 Å². The van der Waals surface area contributed by atoms with Gasteiger partial charge < -0.3 is 11.5 Å². The van der Waals surface area contributed by atoms with Gasteiger partial charge in [0.1, 0.15) is 5.82 Å². The topological polar surface area (TPSA) is 77.8 Å². The molecule has 1 atom stereocenters. The Bertz CT molecular complexity index is 822. The van der Waals surface area contributed by atoms with Crippen LogP contribution in [-0.2, 0) is 0 Å². The van der Waals surface area contributed by atoms with Crippen molar-refractivity contribution in [2.24, 2.45) is 5.73 Å². The van der Waals surface area contributed by atoms with Crippen LogP contribution in [0.4, 0.5) is 5.82 Å². The number of halogens is 2. The molecule has 4 nitrogen and oxygen atoms in total. The Kier molecular flexibility index (Phi) is 3.80. The summed E-state index contributed by atoms with van der Waals surface area (Å²) in [5, 5.41) is 1.53. The lowest BCUT2D eigenvalue weighted by atomic mass is 10.0. The van der Waals surface area contributed by atoms with E-state index >= 15 is 0 Å². The largest absolute Gasteiger partial charge is 0.383 e. The molecule has 0 aliphatic carbocycles. The van der Waals surface area contributed by atoms with Gasteiger partial charge in [0.25, 0.3) is 0 Å². The van der Waals surface area contributed by atoms with E-state index < -0.39 is 6.04 Å². The lowest BCUT2D eigenvalue weighted by Gasteiger charge is -2.16. The molecule has 3 aromatic rings. The van der Waals surface area contributed by atoms with E-state index in [1.807, 2.05) is 30.3 Å². The van der Waals surface area contributed by atoms with Crippen molar-refractivity contribution >= 4 is 44.3 Å². The lowest BCUT2D eigenvalue weighted by Crippen LogP contribution is -2.17. The van der Waals surface area contributed by atoms with Crippen molar-refractivity contribution < 1.29 is 0 Å². The minimum Gasteiger partial charge on any atom is -0.383 e. The van der Waals surface area contributed by atoms with Crippen molar-refractivity contribution in [1.29, 1.82) is 0 Å². The van der Waals surface area contributed by atoms with Crippen LogP contribution in [0.25, 0.3) is 10.9 Å². The number of nitrogens with two attached hydrogens (primary N) is 2. The Hall–Kier alpha value is -1.69. The van der Waals surface area contributed by atoms with Crippen LogP contribution in [0.15, 0.2) is 47.1 Å². The van der Waals surface area contributed by atoms with Crippen LogP contribution in [0.5, 0.6) is 0 Å². The maximum atomic E-state index is 6.31. The van der Waals surface area contributed by atoms with Gasteiger partial charge in [-0.15, -0.1) is 0 Å². The molecule has 3 rings (SSSR count). The van der Waals surface area contributed by atoms with Crippen molar-refractivity contribution in [3.8, 4) is 0 Å². The Labute approximate surface area is 135 Å². The molecule has 0 aliphatic rings. The fourth-order valence-electron chi connectivity index (χ4n) is 2.19. The van der Waals surface area contributed by atoms with Crippen molar-refractivity contribution in [1.82, 2.24) is 9.97 Å². The first-order valence-corrected chi connectivity index (χ1v) is 7.45. The fraction of sp³-hybridized carbons (Fsp3) is 0.0667. The molecule has 0 saturated carbocycles. The van der Waals surface area contributed by atoms with Gasteiger partial charge in [0, 0.05) is 21.6 Å². The number of rotatable bonds is 2. The summed E-state index contributed by atoms with van der Waals surface area (Å²) >= 11 is 9.50. The van der Waals surface area contributed by atoms with E-state index in [0.717, 1.165) is 15.4 Å². The van der Waals surface area contributed by atoms with Crippen LogP contribution < -0.4 is 11.5 Å². The molecular weight excluding hydrogens is 352 g/mol. The summed E-state index contributed by atoms with van der Waals surface area (Å²) in [5.74, 6) is 0.355. The fourth-order valence-corrected chi connectivity index (χ4v) is 2.93. The van der Waals surface area contributed by atoms with E-state index in [-0.39, 0.29) is 0 Å². The molecule has 0 saturated heterocycles. The highest BCUT2D eigenvalue weighted by atomic mass is 79.9. The molecule has 1 unspecified atom stereocenters. The maximum Gasteiger partial charge on any atom is 0.128 e. The zero-order valence-corrected chi connectivity index (χ0v) is 13.3. The van der Waals surface area contributed by atoms with E-state index in [1.54, 1.807) is 6.07 Å². The van der Waals surface area contributed by atoms with Crippen LogP contribution in [0.2, 0.25) is 5.02 Å². The van der Waals surface area contributed by atoms with Gasteiger partial charge in [0.2, 0.25) is 0 Å². The molecule has 4 N–H and O–H groups in total. The molecule has 0 radical (unpaired) electrons. The zero-order valence-electron chi connectivity index (χ0n) is 10.9. The standard InChI is InChI=1S/C15H12BrClN4/c16-11-5-8-3-1-2-4-12(8)21-14(11)13(18)10-6-9(17)7-20-15(10)19/h1-7,13H,18H2,(H2,19,20). The van der Waals surface area contributed by atoms with Crippen molar-refractivity contribution in [3.63, 3.8) is 0 Å². The van der Waals surface area contributed by atoms with Crippen LogP contribution in [-0.4, -0.2) is 9.97 Å². The number of benzene rings is 1. The number of hydrogen-bond donors (Lipinski definition) is 2. The minimum absolute atomic E-state index is 0.355. The predicted octanol–water partition coefficient (Wildman–Crippen LogP) is 3.68. The van der Waals surface area contributed by atoms with Gasteiger partial charge in [0.15, 0.2) is 0 Å². The molecular formula is C15H12BrClN4. The van der Waals surface area contributed by atoms with E-state index in [9.17, 15) is 0 Å². The second-order valence-corrected chi connectivity index (χ2v) is 5.94. The number of hydrogen-bond acceptors (Lipinski definition) is 4. The Morgan fingerprint density at radius 2 is 1.95 bits per heavy atom. The Morgan fingerprint density at radius 1 is 1.19 bits per heavy atom. The summed E-state index contributed by atoms with van der Waals surface area (Å²) in [4.78, 5) is 8.66. The van der Waals surface area contributed by atoms with E-state index in [1.165, 1.54) is 6.20 Å². The molecule has 0 amide bonds. The average molecular weight is 364 g/mol. The number of nitrogens with zero attached hydrogens (tertiary/aromatic N) is 2. The number of para-hydroxylation sites is 1. The van der Waals surface area contributed by atoms with Crippen molar-refractivity contribution in [2.45, 2.75) is 6.04 Å². The third-order valence-electron chi connectivity index (χ3n) is 3.25. The highest BCUT2D eigenvalue weighted by Gasteiger charge is 2.18. The van der Waals surface area contributed by atoms with E-state index in [4.69, 9.17) is 23.1 Å². The molecule has 2 aromatic heterocycles. The summed E-state index contributed by atoms with van der Waals surface area (Å²) in [5.41, 5.74) is 14.4. The van der Waals surface area contributed by atoms with Gasteiger partial charge in [-0.25, -0.2) is 9.97 Å². The molecule has 0 bridgehead atoms. The molecule has 21 heavy (non-hydrogen) atoms. The summed E-state index contributed by atoms with van der Waals surface area (Å²) in [6.07, 6.45) is 1.50.